The van der Waals surface area contributed by atoms with Gasteiger partial charge in [0.2, 0.25) is 0 Å². The lowest BCUT2D eigenvalue weighted by atomic mass is 10.0. The molecule has 1 saturated carbocycles. The highest BCUT2D eigenvalue weighted by Crippen LogP contribution is 2.37. The number of aromatic nitrogens is 4. The molecule has 1 aliphatic carbocycles. The number of hydrogen-bond acceptors (Lipinski definition) is 6. The largest absolute Gasteiger partial charge is 0.496 e. The van der Waals surface area contributed by atoms with Crippen LogP contribution >= 0.6 is 0 Å². The van der Waals surface area contributed by atoms with Gasteiger partial charge in [-0.05, 0) is 53.6 Å². The molecular formula is C24H29FN6O. The van der Waals surface area contributed by atoms with E-state index in [0.717, 1.165) is 61.8 Å². The Bertz CT molecular complexity index is 1020. The molecule has 1 saturated heterocycles. The number of benzene rings is 2. The van der Waals surface area contributed by atoms with Crippen LogP contribution < -0.4 is 9.64 Å². The Labute approximate surface area is 187 Å². The fourth-order valence-corrected chi connectivity index (χ4v) is 5.07. The Hall–Kier alpha value is -3.00. The second-order valence-electron chi connectivity index (χ2n) is 8.56. The van der Waals surface area contributed by atoms with Crippen molar-refractivity contribution in [3.63, 3.8) is 0 Å². The minimum atomic E-state index is -0.206. The smallest absolute Gasteiger partial charge is 0.173 e. The molecule has 0 spiro atoms. The lowest BCUT2D eigenvalue weighted by molar-refractivity contribution is 0.194. The molecule has 0 N–H and O–H groups in total. The zero-order valence-electron chi connectivity index (χ0n) is 18.4. The number of anilines is 1. The summed E-state index contributed by atoms with van der Waals surface area (Å²) in [6, 6.07) is 15.2. The maximum absolute atomic E-state index is 13.3. The van der Waals surface area contributed by atoms with Gasteiger partial charge in [0.05, 0.1) is 13.2 Å². The van der Waals surface area contributed by atoms with Gasteiger partial charge in [0.25, 0.3) is 0 Å². The van der Waals surface area contributed by atoms with Crippen molar-refractivity contribution in [2.24, 2.45) is 0 Å². The number of nitrogens with zero attached hydrogens (tertiary/aromatic N) is 6. The van der Waals surface area contributed by atoms with Crippen LogP contribution in [0.5, 0.6) is 5.75 Å². The Morgan fingerprint density at radius 2 is 1.69 bits per heavy atom. The third kappa shape index (κ3) is 4.07. The molecule has 32 heavy (non-hydrogen) atoms. The summed E-state index contributed by atoms with van der Waals surface area (Å²) in [5.74, 6) is 1.53. The van der Waals surface area contributed by atoms with Crippen molar-refractivity contribution in [1.82, 2.24) is 25.1 Å². The molecule has 1 atom stereocenters. The van der Waals surface area contributed by atoms with Crippen LogP contribution in [-0.2, 0) is 0 Å². The molecular weight excluding hydrogens is 407 g/mol. The van der Waals surface area contributed by atoms with Crippen molar-refractivity contribution < 1.29 is 9.13 Å². The normalized spacial score (nSPS) is 18.8. The van der Waals surface area contributed by atoms with E-state index in [0.29, 0.717) is 6.04 Å². The minimum absolute atomic E-state index is 0.0860. The molecule has 7 nitrogen and oxygen atoms in total. The first kappa shape index (κ1) is 20.9. The van der Waals surface area contributed by atoms with Gasteiger partial charge in [-0.2, -0.15) is 0 Å². The lowest BCUT2D eigenvalue weighted by Gasteiger charge is -2.40. The first-order valence-corrected chi connectivity index (χ1v) is 11.4. The number of tetrazole rings is 1. The second-order valence-corrected chi connectivity index (χ2v) is 8.56. The SMILES string of the molecule is COc1ccccc1C(c1nnnn1C1CCCC1)N1CCN(c2ccc(F)cc2)CC1. The number of rotatable bonds is 6. The van der Waals surface area contributed by atoms with E-state index in [1.165, 1.54) is 25.0 Å². The van der Waals surface area contributed by atoms with Crippen molar-refractivity contribution >= 4 is 5.69 Å². The molecule has 1 aliphatic heterocycles. The van der Waals surface area contributed by atoms with Gasteiger partial charge in [0.1, 0.15) is 17.6 Å². The highest BCUT2D eigenvalue weighted by molar-refractivity contribution is 5.47. The Kier molecular flexibility index (Phi) is 6.03. The van der Waals surface area contributed by atoms with E-state index in [-0.39, 0.29) is 11.9 Å². The molecule has 0 radical (unpaired) electrons. The van der Waals surface area contributed by atoms with Crippen LogP contribution in [0, 0.1) is 5.82 Å². The topological polar surface area (TPSA) is 59.3 Å². The average molecular weight is 437 g/mol. The van der Waals surface area contributed by atoms with Crippen LogP contribution in [0.15, 0.2) is 48.5 Å². The third-order valence-electron chi connectivity index (χ3n) is 6.74. The number of methoxy groups -OCH3 is 1. The molecule has 0 amide bonds. The molecule has 2 heterocycles. The minimum Gasteiger partial charge on any atom is -0.496 e. The monoisotopic (exact) mass is 436 g/mol. The standard InChI is InChI=1S/C24H29FN6O/c1-32-22-9-5-4-8-21(22)23(24-26-27-28-31(24)20-6-2-3-7-20)30-16-14-29(15-17-30)19-12-10-18(25)11-13-19/h4-5,8-13,20,23H,2-3,6-7,14-17H2,1H3. The van der Waals surface area contributed by atoms with E-state index in [2.05, 4.69) is 36.1 Å². The van der Waals surface area contributed by atoms with Gasteiger partial charge in [-0.15, -0.1) is 5.10 Å². The van der Waals surface area contributed by atoms with Crippen molar-refractivity contribution in [3.05, 3.63) is 65.7 Å². The highest BCUT2D eigenvalue weighted by atomic mass is 19.1. The van der Waals surface area contributed by atoms with Gasteiger partial charge in [0.15, 0.2) is 5.82 Å². The molecule has 2 aliphatic rings. The van der Waals surface area contributed by atoms with Crippen LogP contribution in [-0.4, -0.2) is 58.4 Å². The summed E-state index contributed by atoms with van der Waals surface area (Å²) < 4.78 is 21.1. The number of halogens is 1. The summed E-state index contributed by atoms with van der Waals surface area (Å²) >= 11 is 0. The van der Waals surface area contributed by atoms with E-state index in [4.69, 9.17) is 4.74 Å². The van der Waals surface area contributed by atoms with E-state index in [1.54, 1.807) is 7.11 Å². The number of hydrogen-bond donors (Lipinski definition) is 0. The second kappa shape index (κ2) is 9.24. The summed E-state index contributed by atoms with van der Waals surface area (Å²) in [5.41, 5.74) is 2.13. The summed E-state index contributed by atoms with van der Waals surface area (Å²) in [5, 5.41) is 13.0. The van der Waals surface area contributed by atoms with Gasteiger partial charge < -0.3 is 9.64 Å². The third-order valence-corrected chi connectivity index (χ3v) is 6.74. The van der Waals surface area contributed by atoms with Crippen LogP contribution in [0.3, 0.4) is 0 Å². The molecule has 0 bridgehead atoms. The number of piperazine rings is 1. The zero-order valence-corrected chi connectivity index (χ0v) is 18.4. The van der Waals surface area contributed by atoms with E-state index < -0.39 is 0 Å². The fraction of sp³-hybridized carbons (Fsp3) is 0.458. The quantitative estimate of drug-likeness (QED) is 0.585. The lowest BCUT2D eigenvalue weighted by Crippen LogP contribution is -2.48. The number of ether oxygens (including phenoxy) is 1. The van der Waals surface area contributed by atoms with E-state index in [9.17, 15) is 4.39 Å². The predicted molar refractivity (Wildman–Crippen MR) is 120 cm³/mol. The van der Waals surface area contributed by atoms with Crippen LogP contribution in [0.1, 0.15) is 49.2 Å². The summed E-state index contributed by atoms with van der Waals surface area (Å²) in [7, 11) is 1.71. The Morgan fingerprint density at radius 3 is 2.41 bits per heavy atom. The Morgan fingerprint density at radius 1 is 0.969 bits per heavy atom. The predicted octanol–water partition coefficient (Wildman–Crippen LogP) is 3.85. The number of para-hydroxylation sites is 1. The summed E-state index contributed by atoms with van der Waals surface area (Å²) in [4.78, 5) is 4.74. The molecule has 168 valence electrons. The van der Waals surface area contributed by atoms with Gasteiger partial charge in [-0.3, -0.25) is 4.90 Å². The molecule has 5 rings (SSSR count). The molecule has 8 heteroatoms. The summed E-state index contributed by atoms with van der Waals surface area (Å²) in [6.45, 7) is 3.39. The molecule has 1 unspecified atom stereocenters. The van der Waals surface area contributed by atoms with Gasteiger partial charge >= 0.3 is 0 Å². The molecule has 1 aromatic heterocycles. The first-order valence-electron chi connectivity index (χ1n) is 11.4. The molecule has 3 aromatic rings. The first-order chi connectivity index (χ1) is 15.7. The zero-order chi connectivity index (χ0) is 21.9. The van der Waals surface area contributed by atoms with Gasteiger partial charge in [-0.25, -0.2) is 9.07 Å². The van der Waals surface area contributed by atoms with Crippen molar-refractivity contribution in [3.8, 4) is 5.75 Å². The Balaban J connectivity index is 1.45. The average Bonchev–Trinajstić information content (AvgIpc) is 3.53. The maximum atomic E-state index is 13.3. The molecule has 2 fully saturated rings. The van der Waals surface area contributed by atoms with E-state index in [1.807, 2.05) is 30.3 Å². The van der Waals surface area contributed by atoms with Gasteiger partial charge in [-0.1, -0.05) is 31.0 Å². The maximum Gasteiger partial charge on any atom is 0.173 e. The van der Waals surface area contributed by atoms with Gasteiger partial charge in [0, 0.05) is 37.4 Å². The summed E-state index contributed by atoms with van der Waals surface area (Å²) in [6.07, 6.45) is 4.68. The van der Waals surface area contributed by atoms with Crippen molar-refractivity contribution in [2.75, 3.05) is 38.2 Å². The van der Waals surface area contributed by atoms with E-state index >= 15 is 0 Å². The molecule has 2 aromatic carbocycles. The van der Waals surface area contributed by atoms with Crippen molar-refractivity contribution in [1.29, 1.82) is 0 Å². The van der Waals surface area contributed by atoms with Crippen LogP contribution in [0.4, 0.5) is 10.1 Å². The highest BCUT2D eigenvalue weighted by Gasteiger charge is 2.34. The fourth-order valence-electron chi connectivity index (χ4n) is 5.07. The van der Waals surface area contributed by atoms with Crippen LogP contribution in [0.2, 0.25) is 0 Å². The van der Waals surface area contributed by atoms with Crippen LogP contribution in [0.25, 0.3) is 0 Å². The van der Waals surface area contributed by atoms with Crippen molar-refractivity contribution in [2.45, 2.75) is 37.8 Å².